The second kappa shape index (κ2) is 3.90. The molecule has 0 N–H and O–H groups in total. The van der Waals surface area contributed by atoms with Crippen LogP contribution in [0.15, 0.2) is 36.9 Å². The van der Waals surface area contributed by atoms with Gasteiger partial charge in [-0.3, -0.25) is 4.79 Å². The van der Waals surface area contributed by atoms with Crippen molar-refractivity contribution in [3.05, 3.63) is 42.5 Å². The number of hydrogen-bond donors (Lipinski definition) is 0. The van der Waals surface area contributed by atoms with Crippen molar-refractivity contribution < 1.29 is 4.79 Å². The monoisotopic (exact) mass is 175 g/mol. The molecule has 13 heavy (non-hydrogen) atoms. The van der Waals surface area contributed by atoms with Crippen LogP contribution in [0.3, 0.4) is 0 Å². The van der Waals surface area contributed by atoms with Crippen molar-refractivity contribution in [1.29, 1.82) is 0 Å². The Hall–Kier alpha value is -1.57. The average Bonchev–Trinajstić information content (AvgIpc) is 2.17. The summed E-state index contributed by atoms with van der Waals surface area (Å²) in [5.41, 5.74) is 1.70. The highest BCUT2D eigenvalue weighted by atomic mass is 16.2. The number of carbonyl (C=O) groups is 1. The third-order valence-electron chi connectivity index (χ3n) is 1.98. The van der Waals surface area contributed by atoms with E-state index in [1.807, 2.05) is 30.3 Å². The van der Waals surface area contributed by atoms with Gasteiger partial charge in [-0.25, -0.2) is 0 Å². The van der Waals surface area contributed by atoms with Crippen molar-refractivity contribution in [2.45, 2.75) is 6.92 Å². The van der Waals surface area contributed by atoms with Crippen LogP contribution < -0.4 is 0 Å². The van der Waals surface area contributed by atoms with Gasteiger partial charge in [-0.2, -0.15) is 0 Å². The molecule has 0 atom stereocenters. The van der Waals surface area contributed by atoms with Gasteiger partial charge in [0.2, 0.25) is 5.91 Å². The van der Waals surface area contributed by atoms with Crippen LogP contribution in [0.4, 0.5) is 0 Å². The van der Waals surface area contributed by atoms with Crippen LogP contribution in [0.2, 0.25) is 0 Å². The first-order valence-corrected chi connectivity index (χ1v) is 4.11. The Labute approximate surface area is 78.5 Å². The van der Waals surface area contributed by atoms with Gasteiger partial charge in [0.05, 0.1) is 0 Å². The fourth-order valence-corrected chi connectivity index (χ4v) is 1.01. The molecular weight excluding hydrogens is 162 g/mol. The molecule has 0 spiro atoms. The zero-order valence-corrected chi connectivity index (χ0v) is 7.95. The largest absolute Gasteiger partial charge is 0.316 e. The molecule has 0 heterocycles. The lowest BCUT2D eigenvalue weighted by Crippen LogP contribution is -2.21. The van der Waals surface area contributed by atoms with Gasteiger partial charge in [0.15, 0.2) is 0 Å². The van der Waals surface area contributed by atoms with Crippen LogP contribution in [0.25, 0.3) is 5.70 Å². The van der Waals surface area contributed by atoms with E-state index in [0.29, 0.717) is 0 Å². The summed E-state index contributed by atoms with van der Waals surface area (Å²) in [6.07, 6.45) is 0. The molecule has 0 bridgehead atoms. The number of benzene rings is 1. The fraction of sp³-hybridized carbons (Fsp3) is 0.182. The highest BCUT2D eigenvalue weighted by Gasteiger charge is 2.07. The third kappa shape index (κ3) is 2.18. The van der Waals surface area contributed by atoms with E-state index in [-0.39, 0.29) is 5.91 Å². The molecule has 0 saturated heterocycles. The van der Waals surface area contributed by atoms with Crippen molar-refractivity contribution in [2.24, 2.45) is 0 Å². The fourth-order valence-electron chi connectivity index (χ4n) is 1.01. The molecule has 0 aliphatic rings. The number of rotatable bonds is 2. The van der Waals surface area contributed by atoms with Crippen molar-refractivity contribution in [3.63, 3.8) is 0 Å². The second-order valence-electron chi connectivity index (χ2n) is 2.89. The molecule has 0 radical (unpaired) electrons. The van der Waals surface area contributed by atoms with Crippen molar-refractivity contribution in [2.75, 3.05) is 7.05 Å². The summed E-state index contributed by atoms with van der Waals surface area (Å²) in [5.74, 6) is -0.00569. The Morgan fingerprint density at radius 2 is 1.85 bits per heavy atom. The van der Waals surface area contributed by atoms with Crippen molar-refractivity contribution in [1.82, 2.24) is 4.90 Å². The Bertz CT molecular complexity index is 316. The minimum absolute atomic E-state index is 0.00569. The first kappa shape index (κ1) is 9.52. The molecule has 0 saturated carbocycles. The molecule has 1 amide bonds. The maximum absolute atomic E-state index is 11.0. The minimum atomic E-state index is -0.00569. The summed E-state index contributed by atoms with van der Waals surface area (Å²) in [5, 5.41) is 0. The normalized spacial score (nSPS) is 9.38. The molecule has 1 aromatic carbocycles. The smallest absolute Gasteiger partial charge is 0.223 e. The Morgan fingerprint density at radius 3 is 2.31 bits per heavy atom. The lowest BCUT2D eigenvalue weighted by Gasteiger charge is -2.17. The van der Waals surface area contributed by atoms with Gasteiger partial charge in [0.25, 0.3) is 0 Å². The molecule has 0 aromatic heterocycles. The lowest BCUT2D eigenvalue weighted by atomic mass is 10.1. The molecular formula is C11H13NO. The zero-order valence-electron chi connectivity index (χ0n) is 7.95. The third-order valence-corrected chi connectivity index (χ3v) is 1.98. The van der Waals surface area contributed by atoms with Crippen LogP contribution in [0.1, 0.15) is 12.5 Å². The summed E-state index contributed by atoms with van der Waals surface area (Å²) < 4.78 is 0. The van der Waals surface area contributed by atoms with E-state index in [2.05, 4.69) is 6.58 Å². The van der Waals surface area contributed by atoms with Crippen LogP contribution in [-0.4, -0.2) is 17.9 Å². The molecule has 1 aromatic rings. The highest BCUT2D eigenvalue weighted by molar-refractivity contribution is 5.84. The van der Waals surface area contributed by atoms with Crippen LogP contribution in [0.5, 0.6) is 0 Å². The standard InChI is InChI=1S/C11H13NO/c1-9(12(3)10(2)13)11-7-5-4-6-8-11/h4-8H,1H2,2-3H3. The molecule has 2 heteroatoms. The molecule has 1 rings (SSSR count). The van der Waals surface area contributed by atoms with Crippen molar-refractivity contribution >= 4 is 11.6 Å². The molecule has 0 fully saturated rings. The van der Waals surface area contributed by atoms with Crippen LogP contribution >= 0.6 is 0 Å². The van der Waals surface area contributed by atoms with E-state index in [1.165, 1.54) is 11.8 Å². The summed E-state index contributed by atoms with van der Waals surface area (Å²) in [4.78, 5) is 12.6. The molecule has 0 aliphatic carbocycles. The second-order valence-corrected chi connectivity index (χ2v) is 2.89. The van der Waals surface area contributed by atoms with Crippen LogP contribution in [0, 0.1) is 0 Å². The highest BCUT2D eigenvalue weighted by Crippen LogP contribution is 2.14. The maximum atomic E-state index is 11.0. The van der Waals surface area contributed by atoms with Gasteiger partial charge in [-0.05, 0) is 5.56 Å². The molecule has 68 valence electrons. The summed E-state index contributed by atoms with van der Waals surface area (Å²) >= 11 is 0. The quantitative estimate of drug-likeness (QED) is 0.674. The number of nitrogens with zero attached hydrogens (tertiary/aromatic N) is 1. The van der Waals surface area contributed by atoms with E-state index < -0.39 is 0 Å². The number of hydrogen-bond acceptors (Lipinski definition) is 1. The van der Waals surface area contributed by atoms with E-state index in [0.717, 1.165) is 11.3 Å². The first-order valence-electron chi connectivity index (χ1n) is 4.11. The number of carbonyl (C=O) groups excluding carboxylic acids is 1. The minimum Gasteiger partial charge on any atom is -0.316 e. The van der Waals surface area contributed by atoms with E-state index in [1.54, 1.807) is 7.05 Å². The molecule has 0 unspecified atom stereocenters. The number of amides is 1. The zero-order chi connectivity index (χ0) is 9.84. The molecule has 0 aliphatic heterocycles. The predicted molar refractivity (Wildman–Crippen MR) is 53.9 cm³/mol. The average molecular weight is 175 g/mol. The van der Waals surface area contributed by atoms with Gasteiger partial charge in [0, 0.05) is 19.7 Å². The van der Waals surface area contributed by atoms with Crippen LogP contribution in [-0.2, 0) is 4.79 Å². The summed E-state index contributed by atoms with van der Waals surface area (Å²) in [7, 11) is 1.72. The van der Waals surface area contributed by atoms with Gasteiger partial charge >= 0.3 is 0 Å². The lowest BCUT2D eigenvalue weighted by molar-refractivity contribution is -0.124. The van der Waals surface area contributed by atoms with E-state index in [4.69, 9.17) is 0 Å². The van der Waals surface area contributed by atoms with Gasteiger partial charge < -0.3 is 4.90 Å². The van der Waals surface area contributed by atoms with Gasteiger partial charge in [-0.1, -0.05) is 36.9 Å². The Kier molecular flexibility index (Phi) is 2.85. The Morgan fingerprint density at radius 1 is 1.31 bits per heavy atom. The summed E-state index contributed by atoms with van der Waals surface area (Å²) in [6, 6.07) is 9.65. The topological polar surface area (TPSA) is 20.3 Å². The first-order chi connectivity index (χ1) is 6.13. The van der Waals surface area contributed by atoms with Gasteiger partial charge in [-0.15, -0.1) is 0 Å². The molecule has 2 nitrogen and oxygen atoms in total. The summed E-state index contributed by atoms with van der Waals surface area (Å²) in [6.45, 7) is 5.37. The predicted octanol–water partition coefficient (Wildman–Crippen LogP) is 2.14. The van der Waals surface area contributed by atoms with E-state index >= 15 is 0 Å². The maximum Gasteiger partial charge on any atom is 0.223 e. The van der Waals surface area contributed by atoms with Gasteiger partial charge in [0.1, 0.15) is 0 Å². The van der Waals surface area contributed by atoms with Crippen molar-refractivity contribution in [3.8, 4) is 0 Å². The van der Waals surface area contributed by atoms with E-state index in [9.17, 15) is 4.79 Å². The Balaban J connectivity index is 2.86. The SMILES string of the molecule is C=C(c1ccccc1)N(C)C(C)=O.